The largest absolute Gasteiger partial charge is 0.494 e. The quantitative estimate of drug-likeness (QED) is 0.443. The fraction of sp³-hybridized carbons (Fsp3) is 0.300. The van der Waals surface area contributed by atoms with E-state index in [2.05, 4.69) is 4.74 Å². The number of esters is 1. The van der Waals surface area contributed by atoms with E-state index in [0.717, 1.165) is 0 Å². The summed E-state index contributed by atoms with van der Waals surface area (Å²) in [5.41, 5.74) is -0.409. The molecular formula is C10H11NO5. The van der Waals surface area contributed by atoms with Gasteiger partial charge in [-0.2, -0.15) is 0 Å². The maximum Gasteiger partial charge on any atom is 0.344 e. The first-order valence-electron chi connectivity index (χ1n) is 4.59. The van der Waals surface area contributed by atoms with Gasteiger partial charge in [0, 0.05) is 0 Å². The highest BCUT2D eigenvalue weighted by Crippen LogP contribution is 2.25. The lowest BCUT2D eigenvalue weighted by molar-refractivity contribution is -0.385. The summed E-state index contributed by atoms with van der Waals surface area (Å²) in [6.07, 6.45) is 0. The third-order valence-corrected chi connectivity index (χ3v) is 1.88. The Hall–Kier alpha value is -2.11. The SMILES string of the molecule is CCOc1ccc(C(=O)OC)c([N+](=O)[O-])c1. The molecule has 0 fully saturated rings. The predicted molar refractivity (Wildman–Crippen MR) is 55.6 cm³/mol. The second-order valence-corrected chi connectivity index (χ2v) is 2.86. The van der Waals surface area contributed by atoms with Crippen molar-refractivity contribution in [3.8, 4) is 5.75 Å². The predicted octanol–water partition coefficient (Wildman–Crippen LogP) is 1.78. The van der Waals surface area contributed by atoms with Crippen molar-refractivity contribution in [2.45, 2.75) is 6.92 Å². The molecule has 1 aromatic rings. The summed E-state index contributed by atoms with van der Waals surface area (Å²) in [5, 5.41) is 10.7. The Bertz CT molecular complexity index is 416. The van der Waals surface area contributed by atoms with Gasteiger partial charge in [0.05, 0.1) is 24.7 Å². The molecule has 6 heteroatoms. The van der Waals surface area contributed by atoms with Crippen molar-refractivity contribution in [2.24, 2.45) is 0 Å². The van der Waals surface area contributed by atoms with Gasteiger partial charge < -0.3 is 9.47 Å². The van der Waals surface area contributed by atoms with E-state index in [1.54, 1.807) is 6.92 Å². The van der Waals surface area contributed by atoms with Crippen LogP contribution in [0.5, 0.6) is 5.75 Å². The first kappa shape index (κ1) is 12.0. The third kappa shape index (κ3) is 2.47. The van der Waals surface area contributed by atoms with Crippen molar-refractivity contribution in [1.29, 1.82) is 0 Å². The fourth-order valence-corrected chi connectivity index (χ4v) is 1.20. The number of ether oxygens (including phenoxy) is 2. The molecular weight excluding hydrogens is 214 g/mol. The molecule has 0 atom stereocenters. The summed E-state index contributed by atoms with van der Waals surface area (Å²) in [4.78, 5) is 21.3. The van der Waals surface area contributed by atoms with Gasteiger partial charge in [0.1, 0.15) is 11.3 Å². The highest BCUT2D eigenvalue weighted by atomic mass is 16.6. The highest BCUT2D eigenvalue weighted by molar-refractivity contribution is 5.94. The number of benzene rings is 1. The van der Waals surface area contributed by atoms with Crippen LogP contribution in [0.3, 0.4) is 0 Å². The summed E-state index contributed by atoms with van der Waals surface area (Å²) in [5.74, 6) is -0.392. The van der Waals surface area contributed by atoms with E-state index in [1.807, 2.05) is 0 Å². The number of methoxy groups -OCH3 is 1. The minimum Gasteiger partial charge on any atom is -0.494 e. The zero-order valence-corrected chi connectivity index (χ0v) is 8.93. The van der Waals surface area contributed by atoms with Gasteiger partial charge in [-0.3, -0.25) is 10.1 Å². The number of nitro groups is 1. The van der Waals surface area contributed by atoms with Gasteiger partial charge in [-0.05, 0) is 19.1 Å². The van der Waals surface area contributed by atoms with Crippen LogP contribution in [0.1, 0.15) is 17.3 Å². The summed E-state index contributed by atoms with van der Waals surface area (Å²) in [6.45, 7) is 2.16. The van der Waals surface area contributed by atoms with E-state index in [9.17, 15) is 14.9 Å². The van der Waals surface area contributed by atoms with E-state index in [4.69, 9.17) is 4.74 Å². The number of hydrogen-bond donors (Lipinski definition) is 0. The minimum absolute atomic E-state index is 0.0871. The Labute approximate surface area is 91.9 Å². The molecule has 0 bridgehead atoms. The van der Waals surface area contributed by atoms with Crippen molar-refractivity contribution in [3.05, 3.63) is 33.9 Å². The van der Waals surface area contributed by atoms with Crippen LogP contribution in [0.2, 0.25) is 0 Å². The van der Waals surface area contributed by atoms with Crippen LogP contribution >= 0.6 is 0 Å². The lowest BCUT2D eigenvalue weighted by Crippen LogP contribution is -2.06. The summed E-state index contributed by atoms with van der Waals surface area (Å²) >= 11 is 0. The summed E-state index contributed by atoms with van der Waals surface area (Å²) < 4.78 is 9.55. The Morgan fingerprint density at radius 3 is 2.69 bits per heavy atom. The van der Waals surface area contributed by atoms with Gasteiger partial charge in [0.25, 0.3) is 5.69 Å². The van der Waals surface area contributed by atoms with E-state index in [-0.39, 0.29) is 11.3 Å². The zero-order chi connectivity index (χ0) is 12.1. The van der Waals surface area contributed by atoms with Crippen LogP contribution in [0.4, 0.5) is 5.69 Å². The summed E-state index contributed by atoms with van der Waals surface area (Å²) in [6, 6.07) is 4.01. The van der Waals surface area contributed by atoms with E-state index in [1.165, 1.54) is 25.3 Å². The molecule has 0 aliphatic heterocycles. The van der Waals surface area contributed by atoms with Crippen molar-refractivity contribution in [2.75, 3.05) is 13.7 Å². The molecule has 0 spiro atoms. The maximum atomic E-state index is 11.2. The van der Waals surface area contributed by atoms with Crippen molar-refractivity contribution < 1.29 is 19.2 Å². The molecule has 0 saturated heterocycles. The monoisotopic (exact) mass is 225 g/mol. The molecule has 0 heterocycles. The molecule has 0 aliphatic rings. The zero-order valence-electron chi connectivity index (χ0n) is 8.93. The number of nitro benzene ring substituents is 1. The van der Waals surface area contributed by atoms with E-state index in [0.29, 0.717) is 12.4 Å². The van der Waals surface area contributed by atoms with Gasteiger partial charge in [-0.1, -0.05) is 0 Å². The number of carbonyl (C=O) groups is 1. The molecule has 86 valence electrons. The smallest absolute Gasteiger partial charge is 0.344 e. The van der Waals surface area contributed by atoms with Crippen LogP contribution in [-0.2, 0) is 4.74 Å². The Morgan fingerprint density at radius 1 is 1.50 bits per heavy atom. The minimum atomic E-state index is -0.741. The van der Waals surface area contributed by atoms with Crippen LogP contribution in [-0.4, -0.2) is 24.6 Å². The maximum absolute atomic E-state index is 11.2. The standard InChI is InChI=1S/C10H11NO5/c1-3-16-7-4-5-8(10(12)15-2)9(6-7)11(13)14/h4-6H,3H2,1-2H3. The topological polar surface area (TPSA) is 78.7 Å². The van der Waals surface area contributed by atoms with Crippen molar-refractivity contribution >= 4 is 11.7 Å². The number of carbonyl (C=O) groups excluding carboxylic acids is 1. The second-order valence-electron chi connectivity index (χ2n) is 2.86. The normalized spacial score (nSPS) is 9.62. The summed E-state index contributed by atoms with van der Waals surface area (Å²) in [7, 11) is 1.17. The first-order valence-corrected chi connectivity index (χ1v) is 4.59. The molecule has 6 nitrogen and oxygen atoms in total. The second kappa shape index (κ2) is 5.11. The van der Waals surface area contributed by atoms with Gasteiger partial charge >= 0.3 is 5.97 Å². The lowest BCUT2D eigenvalue weighted by atomic mass is 10.1. The number of rotatable bonds is 4. The molecule has 0 N–H and O–H groups in total. The van der Waals surface area contributed by atoms with E-state index >= 15 is 0 Å². The van der Waals surface area contributed by atoms with Gasteiger partial charge in [0.2, 0.25) is 0 Å². The Kier molecular flexibility index (Phi) is 3.82. The molecule has 16 heavy (non-hydrogen) atoms. The van der Waals surface area contributed by atoms with Gasteiger partial charge in [0.15, 0.2) is 0 Å². The van der Waals surface area contributed by atoms with E-state index < -0.39 is 10.9 Å². The van der Waals surface area contributed by atoms with Crippen molar-refractivity contribution in [1.82, 2.24) is 0 Å². The first-order chi connectivity index (χ1) is 7.60. The number of hydrogen-bond acceptors (Lipinski definition) is 5. The van der Waals surface area contributed by atoms with Gasteiger partial charge in [-0.15, -0.1) is 0 Å². The average Bonchev–Trinajstić information content (AvgIpc) is 2.28. The highest BCUT2D eigenvalue weighted by Gasteiger charge is 2.21. The molecule has 0 aromatic heterocycles. The van der Waals surface area contributed by atoms with Crippen LogP contribution in [0.25, 0.3) is 0 Å². The number of nitrogens with zero attached hydrogens (tertiary/aromatic N) is 1. The lowest BCUT2D eigenvalue weighted by Gasteiger charge is -2.05. The van der Waals surface area contributed by atoms with Crippen LogP contribution in [0.15, 0.2) is 18.2 Å². The van der Waals surface area contributed by atoms with Crippen LogP contribution in [0, 0.1) is 10.1 Å². The Morgan fingerprint density at radius 2 is 2.19 bits per heavy atom. The molecule has 1 rings (SSSR count). The molecule has 0 amide bonds. The van der Waals surface area contributed by atoms with Crippen LogP contribution < -0.4 is 4.74 Å². The molecule has 0 aliphatic carbocycles. The van der Waals surface area contributed by atoms with Crippen molar-refractivity contribution in [3.63, 3.8) is 0 Å². The Balaban J connectivity index is 3.19. The average molecular weight is 225 g/mol. The molecule has 0 radical (unpaired) electrons. The third-order valence-electron chi connectivity index (χ3n) is 1.88. The molecule has 0 saturated carbocycles. The molecule has 0 unspecified atom stereocenters. The van der Waals surface area contributed by atoms with Gasteiger partial charge in [-0.25, -0.2) is 4.79 Å². The molecule has 1 aromatic carbocycles. The fourth-order valence-electron chi connectivity index (χ4n) is 1.20.